The van der Waals surface area contributed by atoms with Crippen molar-refractivity contribution >= 4 is 23.2 Å². The highest BCUT2D eigenvalue weighted by Gasteiger charge is 2.20. The van der Waals surface area contributed by atoms with Crippen molar-refractivity contribution in [2.45, 2.75) is 6.92 Å². The van der Waals surface area contributed by atoms with Gasteiger partial charge in [0.1, 0.15) is 6.54 Å². The van der Waals surface area contributed by atoms with Gasteiger partial charge in [-0.05, 0) is 23.9 Å². The summed E-state index contributed by atoms with van der Waals surface area (Å²) in [6.45, 7) is 1.43. The maximum Gasteiger partial charge on any atom is 0.323 e. The molecule has 0 aliphatic carbocycles. The molecule has 16 heavy (non-hydrogen) atoms. The van der Waals surface area contributed by atoms with Crippen molar-refractivity contribution in [2.75, 3.05) is 13.1 Å². The molecule has 1 amide bonds. The summed E-state index contributed by atoms with van der Waals surface area (Å²) >= 11 is 1.29. The number of nitrogens with zero attached hydrogens (tertiary/aromatic N) is 1. The molecule has 0 saturated carbocycles. The van der Waals surface area contributed by atoms with Crippen LogP contribution in [0.1, 0.15) is 15.2 Å². The van der Waals surface area contributed by atoms with Crippen molar-refractivity contribution in [3.05, 3.63) is 21.9 Å². The van der Waals surface area contributed by atoms with E-state index in [1.54, 1.807) is 12.3 Å². The van der Waals surface area contributed by atoms with Crippen LogP contribution in [0.4, 0.5) is 0 Å². The van der Waals surface area contributed by atoms with Crippen molar-refractivity contribution in [3.8, 4) is 12.3 Å². The second-order valence-electron chi connectivity index (χ2n) is 3.19. The van der Waals surface area contributed by atoms with Gasteiger partial charge in [0.2, 0.25) is 0 Å². The lowest BCUT2D eigenvalue weighted by molar-refractivity contribution is -0.137. The number of amides is 1. The molecule has 0 spiro atoms. The molecule has 0 aliphatic rings. The van der Waals surface area contributed by atoms with Crippen LogP contribution < -0.4 is 0 Å². The Balaban J connectivity index is 2.88. The molecule has 0 unspecified atom stereocenters. The SMILES string of the molecule is C#CCN(CC(=O)O)C(=O)c1sccc1C. The molecule has 1 heterocycles. The Kier molecular flexibility index (Phi) is 4.09. The summed E-state index contributed by atoms with van der Waals surface area (Å²) in [6.07, 6.45) is 5.10. The molecule has 4 nitrogen and oxygen atoms in total. The minimum atomic E-state index is -1.07. The molecule has 0 aliphatic heterocycles. The maximum atomic E-state index is 11.9. The molecule has 84 valence electrons. The molecule has 1 rings (SSSR count). The highest BCUT2D eigenvalue weighted by Crippen LogP contribution is 2.17. The molecule has 0 radical (unpaired) electrons. The van der Waals surface area contributed by atoms with Crippen molar-refractivity contribution in [2.24, 2.45) is 0 Å². The van der Waals surface area contributed by atoms with E-state index in [1.807, 2.05) is 6.07 Å². The fourth-order valence-corrected chi connectivity index (χ4v) is 2.10. The van der Waals surface area contributed by atoms with Gasteiger partial charge in [-0.1, -0.05) is 5.92 Å². The first-order chi connectivity index (χ1) is 7.56. The van der Waals surface area contributed by atoms with Crippen LogP contribution in [-0.2, 0) is 4.79 Å². The van der Waals surface area contributed by atoms with E-state index in [1.165, 1.54) is 11.3 Å². The maximum absolute atomic E-state index is 11.9. The van der Waals surface area contributed by atoms with Gasteiger partial charge in [0, 0.05) is 0 Å². The highest BCUT2D eigenvalue weighted by molar-refractivity contribution is 7.12. The third-order valence-electron chi connectivity index (χ3n) is 1.95. The number of aliphatic carboxylic acids is 1. The number of rotatable bonds is 4. The molecule has 1 N–H and O–H groups in total. The van der Waals surface area contributed by atoms with E-state index < -0.39 is 5.97 Å². The summed E-state index contributed by atoms with van der Waals surface area (Å²) in [5.74, 6) is 0.884. The molecule has 0 aromatic carbocycles. The second-order valence-corrected chi connectivity index (χ2v) is 4.11. The van der Waals surface area contributed by atoms with E-state index in [0.717, 1.165) is 10.5 Å². The highest BCUT2D eigenvalue weighted by atomic mass is 32.1. The second kappa shape index (κ2) is 5.33. The number of thiophene rings is 1. The van der Waals surface area contributed by atoms with Gasteiger partial charge >= 0.3 is 5.97 Å². The van der Waals surface area contributed by atoms with Crippen LogP contribution in [0.3, 0.4) is 0 Å². The zero-order chi connectivity index (χ0) is 12.1. The number of carboxylic acids is 1. The third-order valence-corrected chi connectivity index (χ3v) is 2.96. The summed E-state index contributed by atoms with van der Waals surface area (Å²) < 4.78 is 0. The largest absolute Gasteiger partial charge is 0.480 e. The van der Waals surface area contributed by atoms with Gasteiger partial charge in [-0.2, -0.15) is 0 Å². The zero-order valence-electron chi connectivity index (χ0n) is 8.77. The Bertz CT molecular complexity index is 444. The van der Waals surface area contributed by atoms with Crippen LogP contribution in [0.5, 0.6) is 0 Å². The fraction of sp³-hybridized carbons (Fsp3) is 0.273. The van der Waals surface area contributed by atoms with Crippen LogP contribution in [0.25, 0.3) is 0 Å². The van der Waals surface area contributed by atoms with Gasteiger partial charge in [0.15, 0.2) is 0 Å². The lowest BCUT2D eigenvalue weighted by Crippen LogP contribution is -2.35. The normalized spacial score (nSPS) is 9.50. The lowest BCUT2D eigenvalue weighted by Gasteiger charge is -2.17. The Hall–Kier alpha value is -1.80. The van der Waals surface area contributed by atoms with E-state index in [9.17, 15) is 9.59 Å². The van der Waals surface area contributed by atoms with Gasteiger partial charge < -0.3 is 10.0 Å². The monoisotopic (exact) mass is 237 g/mol. The van der Waals surface area contributed by atoms with Crippen molar-refractivity contribution in [1.82, 2.24) is 4.90 Å². The molecule has 0 bridgehead atoms. The standard InChI is InChI=1S/C11H11NO3S/c1-3-5-12(7-9(13)14)11(15)10-8(2)4-6-16-10/h1,4,6H,5,7H2,2H3,(H,13,14). The number of carbonyl (C=O) groups excluding carboxylic acids is 1. The molecule has 1 aromatic rings. The van der Waals surface area contributed by atoms with Crippen LogP contribution in [0.15, 0.2) is 11.4 Å². The van der Waals surface area contributed by atoms with E-state index in [4.69, 9.17) is 11.5 Å². The number of aryl methyl sites for hydroxylation is 1. The summed E-state index contributed by atoms with van der Waals surface area (Å²) in [7, 11) is 0. The van der Waals surface area contributed by atoms with Crippen LogP contribution in [0.2, 0.25) is 0 Å². The van der Waals surface area contributed by atoms with Gasteiger partial charge in [-0.15, -0.1) is 17.8 Å². The summed E-state index contributed by atoms with van der Waals surface area (Å²) in [5.41, 5.74) is 0.836. The van der Waals surface area contributed by atoms with Gasteiger partial charge in [-0.25, -0.2) is 0 Å². The predicted molar refractivity (Wildman–Crippen MR) is 61.4 cm³/mol. The average molecular weight is 237 g/mol. The topological polar surface area (TPSA) is 57.6 Å². The van der Waals surface area contributed by atoms with E-state index >= 15 is 0 Å². The Morgan fingerprint density at radius 1 is 1.62 bits per heavy atom. The van der Waals surface area contributed by atoms with Crippen molar-refractivity contribution in [1.29, 1.82) is 0 Å². The van der Waals surface area contributed by atoms with Crippen LogP contribution in [0, 0.1) is 19.3 Å². The number of carbonyl (C=O) groups is 2. The first-order valence-electron chi connectivity index (χ1n) is 4.55. The van der Waals surface area contributed by atoms with Crippen LogP contribution in [-0.4, -0.2) is 35.0 Å². The number of terminal acetylenes is 1. The summed E-state index contributed by atoms with van der Waals surface area (Å²) in [6, 6.07) is 1.81. The Morgan fingerprint density at radius 3 is 2.75 bits per heavy atom. The first kappa shape index (κ1) is 12.3. The van der Waals surface area contributed by atoms with Crippen molar-refractivity contribution < 1.29 is 14.7 Å². The molecule has 1 aromatic heterocycles. The molecule has 0 saturated heterocycles. The fourth-order valence-electron chi connectivity index (χ4n) is 1.21. The average Bonchev–Trinajstić information content (AvgIpc) is 2.62. The smallest absolute Gasteiger partial charge is 0.323 e. The molecular weight excluding hydrogens is 226 g/mol. The quantitative estimate of drug-likeness (QED) is 0.801. The minimum absolute atomic E-state index is 0.00245. The Labute approximate surface area is 97.5 Å². The molecule has 0 atom stereocenters. The molecule has 5 heteroatoms. The predicted octanol–water partition coefficient (Wildman–Crippen LogP) is 1.22. The third kappa shape index (κ3) is 2.84. The molecule has 0 fully saturated rings. The van der Waals surface area contributed by atoms with Crippen molar-refractivity contribution in [3.63, 3.8) is 0 Å². The van der Waals surface area contributed by atoms with Crippen LogP contribution >= 0.6 is 11.3 Å². The number of hydrogen-bond donors (Lipinski definition) is 1. The lowest BCUT2D eigenvalue weighted by atomic mass is 10.2. The minimum Gasteiger partial charge on any atom is -0.480 e. The van der Waals surface area contributed by atoms with Gasteiger partial charge in [0.25, 0.3) is 5.91 Å². The van der Waals surface area contributed by atoms with Gasteiger partial charge in [0.05, 0.1) is 11.4 Å². The molecular formula is C11H11NO3S. The number of carboxylic acid groups (broad SMARTS) is 1. The first-order valence-corrected chi connectivity index (χ1v) is 5.43. The number of hydrogen-bond acceptors (Lipinski definition) is 3. The Morgan fingerprint density at radius 2 is 2.31 bits per heavy atom. The summed E-state index contributed by atoms with van der Waals surface area (Å²) in [4.78, 5) is 24.2. The van der Waals surface area contributed by atoms with E-state index in [0.29, 0.717) is 4.88 Å². The van der Waals surface area contributed by atoms with E-state index in [2.05, 4.69) is 5.92 Å². The zero-order valence-corrected chi connectivity index (χ0v) is 9.58. The summed E-state index contributed by atoms with van der Waals surface area (Å²) in [5, 5.41) is 10.5. The van der Waals surface area contributed by atoms with E-state index in [-0.39, 0.29) is 19.0 Å². The van der Waals surface area contributed by atoms with Gasteiger partial charge in [-0.3, -0.25) is 9.59 Å².